The fraction of sp³-hybridized carbons (Fsp3) is 0.667. The van der Waals surface area contributed by atoms with Crippen LogP contribution in [0.15, 0.2) is 24.3 Å². The molecular formula is C21H37NO4Si. The van der Waals surface area contributed by atoms with Gasteiger partial charge in [-0.3, -0.25) is 0 Å². The lowest BCUT2D eigenvalue weighted by Gasteiger charge is -2.36. The van der Waals surface area contributed by atoms with Gasteiger partial charge in [-0.1, -0.05) is 45.0 Å². The van der Waals surface area contributed by atoms with Gasteiger partial charge in [-0.25, -0.2) is 4.79 Å². The molecule has 5 nitrogen and oxygen atoms in total. The quantitative estimate of drug-likeness (QED) is 0.482. The van der Waals surface area contributed by atoms with Gasteiger partial charge in [0.15, 0.2) is 8.32 Å². The van der Waals surface area contributed by atoms with E-state index in [1.54, 1.807) is 0 Å². The molecule has 0 atom stereocenters. The van der Waals surface area contributed by atoms with E-state index < -0.39 is 20.0 Å². The van der Waals surface area contributed by atoms with Crippen LogP contribution in [0.2, 0.25) is 18.1 Å². The molecule has 0 heterocycles. The number of alkyl carbamates (subject to hydrolysis) is 1. The monoisotopic (exact) mass is 395 g/mol. The van der Waals surface area contributed by atoms with Crippen molar-refractivity contribution in [2.45, 2.75) is 78.5 Å². The third kappa shape index (κ3) is 9.40. The highest BCUT2D eigenvalue weighted by Gasteiger charge is 2.36. The van der Waals surface area contributed by atoms with Gasteiger partial charge in [0.2, 0.25) is 0 Å². The van der Waals surface area contributed by atoms with Crippen LogP contribution in [0.3, 0.4) is 0 Å². The topological polar surface area (TPSA) is 56.8 Å². The first kappa shape index (κ1) is 23.7. The number of carbonyl (C=O) groups excluding carboxylic acids is 1. The van der Waals surface area contributed by atoms with Gasteiger partial charge in [0.25, 0.3) is 0 Å². The van der Waals surface area contributed by atoms with E-state index in [1.807, 2.05) is 20.8 Å². The van der Waals surface area contributed by atoms with Gasteiger partial charge in [0.05, 0.1) is 19.8 Å². The van der Waals surface area contributed by atoms with Crippen molar-refractivity contribution in [3.8, 4) is 0 Å². The van der Waals surface area contributed by atoms with Crippen molar-refractivity contribution in [1.82, 2.24) is 5.32 Å². The van der Waals surface area contributed by atoms with Crippen molar-refractivity contribution in [1.29, 1.82) is 0 Å². The predicted molar refractivity (Wildman–Crippen MR) is 112 cm³/mol. The first-order valence-electron chi connectivity index (χ1n) is 9.56. The van der Waals surface area contributed by atoms with Crippen LogP contribution in [0, 0.1) is 0 Å². The number of hydrogen-bond donors (Lipinski definition) is 1. The van der Waals surface area contributed by atoms with E-state index in [1.165, 1.54) is 5.56 Å². The number of hydrogen-bond acceptors (Lipinski definition) is 4. The van der Waals surface area contributed by atoms with Crippen LogP contribution in [-0.4, -0.2) is 33.2 Å². The van der Waals surface area contributed by atoms with Crippen molar-refractivity contribution in [2.75, 3.05) is 13.2 Å². The Kier molecular flexibility index (Phi) is 8.51. The lowest BCUT2D eigenvalue weighted by atomic mass is 10.1. The molecule has 0 saturated heterocycles. The minimum absolute atomic E-state index is 0.216. The molecule has 1 N–H and O–H groups in total. The maximum absolute atomic E-state index is 11.5. The molecule has 0 radical (unpaired) electrons. The minimum Gasteiger partial charge on any atom is -0.444 e. The lowest BCUT2D eigenvalue weighted by molar-refractivity contribution is 0.0494. The van der Waals surface area contributed by atoms with E-state index in [-0.39, 0.29) is 5.04 Å². The normalized spacial score (nSPS) is 12.7. The summed E-state index contributed by atoms with van der Waals surface area (Å²) in [5.74, 6) is 0. The Morgan fingerprint density at radius 3 is 1.96 bits per heavy atom. The summed E-state index contributed by atoms with van der Waals surface area (Å²) in [6.07, 6.45) is -0.419. The highest BCUT2D eigenvalue weighted by Crippen LogP contribution is 2.37. The molecule has 1 amide bonds. The zero-order valence-electron chi connectivity index (χ0n) is 18.3. The second-order valence-corrected chi connectivity index (χ2v) is 14.2. The van der Waals surface area contributed by atoms with Gasteiger partial charge in [-0.05, 0) is 50.0 Å². The van der Waals surface area contributed by atoms with Crippen molar-refractivity contribution >= 4 is 14.4 Å². The van der Waals surface area contributed by atoms with E-state index in [0.29, 0.717) is 26.4 Å². The molecule has 0 aliphatic carbocycles. The smallest absolute Gasteiger partial charge is 0.407 e. The Hall–Kier alpha value is -1.37. The highest BCUT2D eigenvalue weighted by atomic mass is 28.4. The van der Waals surface area contributed by atoms with Gasteiger partial charge in [-0.2, -0.15) is 0 Å². The van der Waals surface area contributed by atoms with Crippen LogP contribution in [-0.2, 0) is 27.1 Å². The van der Waals surface area contributed by atoms with E-state index in [0.717, 1.165) is 5.56 Å². The number of benzene rings is 1. The van der Waals surface area contributed by atoms with Gasteiger partial charge in [0, 0.05) is 6.54 Å². The minimum atomic E-state index is -1.73. The van der Waals surface area contributed by atoms with Gasteiger partial charge >= 0.3 is 6.09 Å². The summed E-state index contributed by atoms with van der Waals surface area (Å²) in [6, 6.07) is 8.30. The van der Waals surface area contributed by atoms with Gasteiger partial charge in [0.1, 0.15) is 5.60 Å². The summed E-state index contributed by atoms with van der Waals surface area (Å²) in [7, 11) is -1.73. The maximum Gasteiger partial charge on any atom is 0.407 e. The van der Waals surface area contributed by atoms with Gasteiger partial charge < -0.3 is 19.2 Å². The molecule has 0 aliphatic rings. The Morgan fingerprint density at radius 1 is 0.963 bits per heavy atom. The average molecular weight is 396 g/mol. The molecule has 0 spiro atoms. The second-order valence-electron chi connectivity index (χ2n) is 9.35. The number of nitrogens with one attached hydrogen (secondary N) is 1. The van der Waals surface area contributed by atoms with Crippen molar-refractivity contribution in [3.05, 3.63) is 35.4 Å². The highest BCUT2D eigenvalue weighted by molar-refractivity contribution is 6.74. The van der Waals surface area contributed by atoms with Crippen molar-refractivity contribution in [2.24, 2.45) is 0 Å². The number of amides is 1. The van der Waals surface area contributed by atoms with E-state index >= 15 is 0 Å². The molecule has 0 aliphatic heterocycles. The summed E-state index contributed by atoms with van der Waals surface area (Å²) in [6.45, 7) is 18.8. The van der Waals surface area contributed by atoms with Crippen LogP contribution in [0.4, 0.5) is 4.79 Å². The van der Waals surface area contributed by atoms with Crippen LogP contribution >= 0.6 is 0 Å². The van der Waals surface area contributed by atoms with Crippen molar-refractivity contribution in [3.63, 3.8) is 0 Å². The van der Waals surface area contributed by atoms with E-state index in [9.17, 15) is 4.79 Å². The third-order valence-electron chi connectivity index (χ3n) is 4.61. The largest absolute Gasteiger partial charge is 0.444 e. The van der Waals surface area contributed by atoms with Crippen molar-refractivity contribution < 1.29 is 18.7 Å². The van der Waals surface area contributed by atoms with E-state index in [2.05, 4.69) is 63.4 Å². The molecule has 1 aromatic carbocycles. The molecule has 27 heavy (non-hydrogen) atoms. The van der Waals surface area contributed by atoms with Crippen LogP contribution in [0.5, 0.6) is 0 Å². The Labute approximate surface area is 165 Å². The summed E-state index contributed by atoms with van der Waals surface area (Å²) in [4.78, 5) is 11.5. The summed E-state index contributed by atoms with van der Waals surface area (Å²) in [5.41, 5.74) is 1.79. The first-order chi connectivity index (χ1) is 12.3. The number of carbonyl (C=O) groups is 1. The van der Waals surface area contributed by atoms with Crippen LogP contribution < -0.4 is 5.32 Å². The van der Waals surface area contributed by atoms with Gasteiger partial charge in [-0.15, -0.1) is 0 Å². The molecule has 0 bridgehead atoms. The Bertz CT molecular complexity index is 586. The predicted octanol–water partition coefficient (Wildman–Crippen LogP) is 5.25. The fourth-order valence-electron chi connectivity index (χ4n) is 1.94. The molecule has 0 unspecified atom stereocenters. The van der Waals surface area contributed by atoms with Crippen LogP contribution in [0.1, 0.15) is 52.7 Å². The summed E-state index contributed by atoms with van der Waals surface area (Å²) < 4.78 is 17.0. The average Bonchev–Trinajstić information content (AvgIpc) is 2.51. The summed E-state index contributed by atoms with van der Waals surface area (Å²) >= 11 is 0. The molecule has 0 saturated carbocycles. The standard InChI is InChI=1S/C21H37NO4Si/c1-20(2,3)26-19(23)22-13-14-24-15-17-9-11-18(12-10-17)16-25-27(7,8)21(4,5)6/h9-12H,13-16H2,1-8H3,(H,22,23). The zero-order valence-corrected chi connectivity index (χ0v) is 19.3. The molecule has 1 rings (SSSR count). The maximum atomic E-state index is 11.5. The Balaban J connectivity index is 2.30. The van der Waals surface area contributed by atoms with E-state index in [4.69, 9.17) is 13.9 Å². The lowest BCUT2D eigenvalue weighted by Crippen LogP contribution is -2.40. The molecule has 154 valence electrons. The molecule has 6 heteroatoms. The molecular weight excluding hydrogens is 358 g/mol. The zero-order chi connectivity index (χ0) is 20.7. The second kappa shape index (κ2) is 9.71. The summed E-state index contributed by atoms with van der Waals surface area (Å²) in [5, 5.41) is 2.90. The van der Waals surface area contributed by atoms with Crippen LogP contribution in [0.25, 0.3) is 0 Å². The molecule has 0 aromatic heterocycles. The molecule has 1 aromatic rings. The number of rotatable bonds is 8. The third-order valence-corrected chi connectivity index (χ3v) is 9.09. The number of ether oxygens (including phenoxy) is 2. The molecule has 0 fully saturated rings. The Morgan fingerprint density at radius 2 is 1.48 bits per heavy atom. The SMILES string of the molecule is CC(C)(C)OC(=O)NCCOCc1ccc(CO[Si](C)(C)C(C)(C)C)cc1. The fourth-order valence-corrected chi connectivity index (χ4v) is 2.90. The first-order valence-corrected chi connectivity index (χ1v) is 12.5.